The number of rotatable bonds is 22. The topological polar surface area (TPSA) is 105 Å². The summed E-state index contributed by atoms with van der Waals surface area (Å²) >= 11 is 0. The van der Waals surface area contributed by atoms with E-state index in [1.165, 1.54) is 12.2 Å². The average Bonchev–Trinajstić information content (AvgIpc) is 2.99. The van der Waals surface area contributed by atoms with Gasteiger partial charge in [0.15, 0.2) is 0 Å². The molecule has 8 nitrogen and oxygen atoms in total. The molecule has 0 aliphatic rings. The Morgan fingerprint density at radius 3 is 1.21 bits per heavy atom. The van der Waals surface area contributed by atoms with Gasteiger partial charge in [0.25, 0.3) is 0 Å². The standard InChI is InChI=1S/C34H49O8/c1-5-9-13-21-39-31(35)29(32(36)40-22-14-10-6-2)25-27-17-19-28(20-18-27)26-30(33(37)41-23-15-11-7-3)34(38)42-24-16-12-8-4/h17-19,25-26H,5-16,21-24H2,1-4H3. The third-order valence-electron chi connectivity index (χ3n) is 6.28. The van der Waals surface area contributed by atoms with E-state index in [2.05, 4.69) is 6.07 Å². The van der Waals surface area contributed by atoms with Crippen molar-refractivity contribution in [3.63, 3.8) is 0 Å². The molecule has 0 saturated carbocycles. The van der Waals surface area contributed by atoms with Gasteiger partial charge in [-0.15, -0.1) is 0 Å². The van der Waals surface area contributed by atoms with Gasteiger partial charge in [0.1, 0.15) is 11.1 Å². The molecule has 1 rings (SSSR count). The van der Waals surface area contributed by atoms with Gasteiger partial charge in [-0.05, 0) is 61.1 Å². The Labute approximate surface area is 251 Å². The van der Waals surface area contributed by atoms with Crippen molar-refractivity contribution in [2.45, 2.75) is 105 Å². The summed E-state index contributed by atoms with van der Waals surface area (Å²) in [6.45, 7) is 9.05. The third kappa shape index (κ3) is 15.5. The maximum Gasteiger partial charge on any atom is 0.345 e. The highest BCUT2D eigenvalue weighted by atomic mass is 16.6. The predicted molar refractivity (Wildman–Crippen MR) is 163 cm³/mol. The van der Waals surface area contributed by atoms with E-state index in [4.69, 9.17) is 18.9 Å². The summed E-state index contributed by atoms with van der Waals surface area (Å²) in [5.74, 6) is -2.98. The monoisotopic (exact) mass is 585 g/mol. The molecule has 1 radical (unpaired) electrons. The summed E-state index contributed by atoms with van der Waals surface area (Å²) in [5.41, 5.74) is 0.522. The van der Waals surface area contributed by atoms with E-state index in [1.54, 1.807) is 18.2 Å². The highest BCUT2D eigenvalue weighted by Gasteiger charge is 2.23. The lowest BCUT2D eigenvalue weighted by atomic mass is 10.1. The summed E-state index contributed by atoms with van der Waals surface area (Å²) in [4.78, 5) is 51.0. The fraction of sp³-hybridized carbons (Fsp3) is 0.588. The van der Waals surface area contributed by atoms with E-state index < -0.39 is 23.9 Å². The summed E-state index contributed by atoms with van der Waals surface area (Å²) in [6.07, 6.45) is 13.2. The lowest BCUT2D eigenvalue weighted by molar-refractivity contribution is -0.148. The fourth-order valence-electron chi connectivity index (χ4n) is 3.73. The maximum atomic E-state index is 12.7. The van der Waals surface area contributed by atoms with E-state index >= 15 is 0 Å². The van der Waals surface area contributed by atoms with Crippen molar-refractivity contribution in [1.29, 1.82) is 0 Å². The number of hydrogen-bond acceptors (Lipinski definition) is 8. The second-order valence-electron chi connectivity index (χ2n) is 10.1. The molecule has 233 valence electrons. The Balaban J connectivity index is 3.15. The Morgan fingerprint density at radius 2 is 0.905 bits per heavy atom. The van der Waals surface area contributed by atoms with Gasteiger partial charge < -0.3 is 18.9 Å². The zero-order valence-electron chi connectivity index (χ0n) is 26.0. The molecule has 0 saturated heterocycles. The molecule has 0 bridgehead atoms. The summed E-state index contributed by atoms with van der Waals surface area (Å²) in [5, 5.41) is 0. The molecule has 0 amide bonds. The summed E-state index contributed by atoms with van der Waals surface area (Å²) in [7, 11) is 0. The van der Waals surface area contributed by atoms with E-state index in [-0.39, 0.29) is 37.6 Å². The van der Waals surface area contributed by atoms with Crippen molar-refractivity contribution in [3.05, 3.63) is 46.5 Å². The van der Waals surface area contributed by atoms with E-state index in [1.807, 2.05) is 27.7 Å². The van der Waals surface area contributed by atoms with Crippen molar-refractivity contribution in [2.24, 2.45) is 0 Å². The van der Waals surface area contributed by atoms with Crippen molar-refractivity contribution >= 4 is 36.0 Å². The normalized spacial score (nSPS) is 10.4. The van der Waals surface area contributed by atoms with Crippen LogP contribution in [0, 0.1) is 6.07 Å². The second kappa shape index (κ2) is 23.2. The van der Waals surface area contributed by atoms with Crippen LogP contribution < -0.4 is 0 Å². The van der Waals surface area contributed by atoms with Gasteiger partial charge in [-0.25, -0.2) is 19.2 Å². The number of benzene rings is 1. The Bertz CT molecular complexity index is 874. The largest absolute Gasteiger partial charge is 0.462 e. The lowest BCUT2D eigenvalue weighted by Crippen LogP contribution is -2.19. The fourth-order valence-corrected chi connectivity index (χ4v) is 3.73. The highest BCUT2D eigenvalue weighted by molar-refractivity contribution is 6.18. The minimum Gasteiger partial charge on any atom is -0.462 e. The van der Waals surface area contributed by atoms with Gasteiger partial charge in [0, 0.05) is 0 Å². The van der Waals surface area contributed by atoms with Crippen molar-refractivity contribution < 1.29 is 38.1 Å². The Morgan fingerprint density at radius 1 is 0.548 bits per heavy atom. The van der Waals surface area contributed by atoms with Crippen LogP contribution >= 0.6 is 0 Å². The van der Waals surface area contributed by atoms with Crippen molar-refractivity contribution in [3.8, 4) is 0 Å². The highest BCUT2D eigenvalue weighted by Crippen LogP contribution is 2.16. The smallest absolute Gasteiger partial charge is 0.345 e. The Kier molecular flexibility index (Phi) is 20.2. The molecule has 0 heterocycles. The van der Waals surface area contributed by atoms with E-state index in [0.717, 1.165) is 51.4 Å². The molecule has 0 spiro atoms. The van der Waals surface area contributed by atoms with Crippen LogP contribution in [0.25, 0.3) is 12.2 Å². The van der Waals surface area contributed by atoms with Gasteiger partial charge >= 0.3 is 23.9 Å². The van der Waals surface area contributed by atoms with Gasteiger partial charge in [0.2, 0.25) is 0 Å². The van der Waals surface area contributed by atoms with Crippen molar-refractivity contribution in [2.75, 3.05) is 26.4 Å². The van der Waals surface area contributed by atoms with Crippen LogP contribution in [0.5, 0.6) is 0 Å². The van der Waals surface area contributed by atoms with Crippen LogP contribution in [0.4, 0.5) is 0 Å². The predicted octanol–water partition coefficient (Wildman–Crippen LogP) is 7.19. The lowest BCUT2D eigenvalue weighted by Gasteiger charge is -2.10. The molecular weight excluding hydrogens is 536 g/mol. The molecule has 0 unspecified atom stereocenters. The Hall–Kier alpha value is -3.42. The zero-order chi connectivity index (χ0) is 31.0. The van der Waals surface area contributed by atoms with Crippen molar-refractivity contribution in [1.82, 2.24) is 0 Å². The third-order valence-corrected chi connectivity index (χ3v) is 6.28. The molecule has 0 N–H and O–H groups in total. The molecule has 0 atom stereocenters. The van der Waals surface area contributed by atoms with Gasteiger partial charge in [-0.1, -0.05) is 91.2 Å². The van der Waals surface area contributed by atoms with E-state index in [9.17, 15) is 19.2 Å². The van der Waals surface area contributed by atoms with Crippen LogP contribution in [0.15, 0.2) is 29.3 Å². The molecule has 42 heavy (non-hydrogen) atoms. The molecule has 0 aliphatic carbocycles. The first-order chi connectivity index (χ1) is 20.4. The van der Waals surface area contributed by atoms with Gasteiger partial charge in [0.05, 0.1) is 26.4 Å². The molecular formula is C34H49O8. The minimum absolute atomic E-state index is 0.202. The first kappa shape index (κ1) is 36.6. The van der Waals surface area contributed by atoms with Gasteiger partial charge in [-0.3, -0.25) is 0 Å². The first-order valence-electron chi connectivity index (χ1n) is 15.5. The number of hydrogen-bond donors (Lipinski definition) is 0. The van der Waals surface area contributed by atoms with Crippen LogP contribution in [-0.4, -0.2) is 50.3 Å². The number of carbonyl (C=O) groups is 4. The van der Waals surface area contributed by atoms with Crippen LogP contribution in [0.3, 0.4) is 0 Å². The molecule has 0 aromatic heterocycles. The van der Waals surface area contributed by atoms with Crippen LogP contribution in [-0.2, 0) is 38.1 Å². The SMILES string of the molecule is CCCCCOC(=O)C(=Cc1[c]cc(C=C(C(=O)OCCCCC)C(=O)OCCCCC)cc1)C(=O)OCCCCC. The van der Waals surface area contributed by atoms with Crippen LogP contribution in [0.1, 0.15) is 116 Å². The minimum atomic E-state index is -0.747. The molecule has 0 fully saturated rings. The summed E-state index contributed by atoms with van der Waals surface area (Å²) < 4.78 is 21.3. The zero-order valence-corrected chi connectivity index (χ0v) is 26.0. The molecule has 8 heteroatoms. The number of ether oxygens (including phenoxy) is 4. The first-order valence-corrected chi connectivity index (χ1v) is 15.5. The van der Waals surface area contributed by atoms with Crippen LogP contribution in [0.2, 0.25) is 0 Å². The molecule has 0 aliphatic heterocycles. The average molecular weight is 586 g/mol. The summed E-state index contributed by atoms with van der Waals surface area (Å²) in [6, 6.07) is 7.81. The number of esters is 4. The molecule has 1 aromatic rings. The second-order valence-corrected chi connectivity index (χ2v) is 10.1. The maximum absolute atomic E-state index is 12.7. The number of carbonyl (C=O) groups excluding carboxylic acids is 4. The van der Waals surface area contributed by atoms with E-state index in [0.29, 0.717) is 36.8 Å². The quantitative estimate of drug-likeness (QED) is 0.0352. The number of unbranched alkanes of at least 4 members (excludes halogenated alkanes) is 8. The molecule has 1 aromatic carbocycles. The van der Waals surface area contributed by atoms with Gasteiger partial charge in [-0.2, -0.15) is 0 Å².